The van der Waals surface area contributed by atoms with Gasteiger partial charge in [0, 0.05) is 28.9 Å². The molecule has 0 aliphatic heterocycles. The molecule has 1 aromatic carbocycles. The lowest BCUT2D eigenvalue weighted by Gasteiger charge is -2.18. The SMILES string of the molecule is CC(C)(C)C(=O)Nc1cccc(NC(=O)c2cccc[n+]2[O-])c1. The van der Waals surface area contributed by atoms with Gasteiger partial charge in [-0.2, -0.15) is 4.73 Å². The van der Waals surface area contributed by atoms with Gasteiger partial charge in [0.15, 0.2) is 6.20 Å². The summed E-state index contributed by atoms with van der Waals surface area (Å²) in [4.78, 5) is 24.1. The molecule has 2 rings (SSSR count). The third kappa shape index (κ3) is 4.29. The Morgan fingerprint density at radius 1 is 1.00 bits per heavy atom. The van der Waals surface area contributed by atoms with Crippen molar-refractivity contribution in [1.29, 1.82) is 0 Å². The van der Waals surface area contributed by atoms with Crippen molar-refractivity contribution in [2.45, 2.75) is 20.8 Å². The van der Waals surface area contributed by atoms with E-state index in [0.717, 1.165) is 0 Å². The first-order valence-corrected chi connectivity index (χ1v) is 7.18. The van der Waals surface area contributed by atoms with E-state index in [9.17, 15) is 14.8 Å². The summed E-state index contributed by atoms with van der Waals surface area (Å²) in [6.07, 6.45) is 1.26. The standard InChI is InChI=1S/C17H19N3O3/c1-17(2,3)16(22)19-13-8-6-7-12(11-13)18-15(21)14-9-4-5-10-20(14)23/h4-11H,1-3H3,(H,18,21)(H,19,22). The number of nitrogens with zero attached hydrogens (tertiary/aromatic N) is 1. The van der Waals surface area contributed by atoms with Crippen LogP contribution in [0.5, 0.6) is 0 Å². The van der Waals surface area contributed by atoms with Crippen molar-refractivity contribution in [3.8, 4) is 0 Å². The number of hydrogen-bond donors (Lipinski definition) is 2. The summed E-state index contributed by atoms with van der Waals surface area (Å²) in [5, 5.41) is 17.0. The Balaban J connectivity index is 2.13. The van der Waals surface area contributed by atoms with Crippen LogP contribution in [-0.2, 0) is 4.79 Å². The van der Waals surface area contributed by atoms with Crippen LogP contribution in [0.2, 0.25) is 0 Å². The van der Waals surface area contributed by atoms with Gasteiger partial charge < -0.3 is 15.8 Å². The molecule has 1 aromatic heterocycles. The summed E-state index contributed by atoms with van der Waals surface area (Å²) in [7, 11) is 0. The van der Waals surface area contributed by atoms with Crippen LogP contribution in [-0.4, -0.2) is 11.8 Å². The molecular formula is C17H19N3O3. The van der Waals surface area contributed by atoms with Crippen molar-refractivity contribution >= 4 is 23.2 Å². The van der Waals surface area contributed by atoms with Crippen molar-refractivity contribution in [1.82, 2.24) is 0 Å². The third-order valence-corrected chi connectivity index (χ3v) is 3.12. The molecule has 0 radical (unpaired) electrons. The smallest absolute Gasteiger partial charge is 0.321 e. The van der Waals surface area contributed by atoms with E-state index in [1.54, 1.807) is 36.4 Å². The molecule has 2 aromatic rings. The van der Waals surface area contributed by atoms with Gasteiger partial charge in [-0.3, -0.25) is 9.59 Å². The summed E-state index contributed by atoms with van der Waals surface area (Å²) < 4.78 is 0.501. The average Bonchev–Trinajstić information content (AvgIpc) is 2.47. The number of amides is 2. The lowest BCUT2D eigenvalue weighted by atomic mass is 9.95. The minimum atomic E-state index is -0.516. The number of hydrogen-bond acceptors (Lipinski definition) is 3. The molecule has 0 atom stereocenters. The van der Waals surface area contributed by atoms with Gasteiger partial charge in [0.1, 0.15) is 0 Å². The maximum Gasteiger partial charge on any atom is 0.321 e. The molecule has 6 heteroatoms. The fourth-order valence-electron chi connectivity index (χ4n) is 1.79. The molecule has 0 bridgehead atoms. The zero-order chi connectivity index (χ0) is 17.0. The lowest BCUT2D eigenvalue weighted by molar-refractivity contribution is -0.607. The van der Waals surface area contributed by atoms with Crippen LogP contribution in [0.3, 0.4) is 0 Å². The molecular weight excluding hydrogens is 294 g/mol. The molecule has 0 spiro atoms. The van der Waals surface area contributed by atoms with Gasteiger partial charge in [-0.1, -0.05) is 26.8 Å². The van der Waals surface area contributed by atoms with Gasteiger partial charge in [-0.15, -0.1) is 0 Å². The van der Waals surface area contributed by atoms with Crippen LogP contribution >= 0.6 is 0 Å². The van der Waals surface area contributed by atoms with E-state index >= 15 is 0 Å². The van der Waals surface area contributed by atoms with Crippen molar-refractivity contribution in [3.05, 3.63) is 59.6 Å². The predicted octanol–water partition coefficient (Wildman–Crippen LogP) is 2.56. The molecule has 6 nitrogen and oxygen atoms in total. The van der Waals surface area contributed by atoms with Gasteiger partial charge in [-0.25, -0.2) is 0 Å². The summed E-state index contributed by atoms with van der Waals surface area (Å²) in [5.41, 5.74) is 0.546. The minimum absolute atomic E-state index is 0.00312. The topological polar surface area (TPSA) is 85.1 Å². The number of nitrogens with one attached hydrogen (secondary N) is 2. The fraction of sp³-hybridized carbons (Fsp3) is 0.235. The molecule has 2 amide bonds. The summed E-state index contributed by atoms with van der Waals surface area (Å²) in [6.45, 7) is 5.45. The highest BCUT2D eigenvalue weighted by Gasteiger charge is 2.21. The van der Waals surface area contributed by atoms with Crippen LogP contribution in [0.25, 0.3) is 0 Å². The van der Waals surface area contributed by atoms with E-state index in [0.29, 0.717) is 16.1 Å². The molecule has 0 saturated heterocycles. The second kappa shape index (κ2) is 6.48. The maximum atomic E-state index is 12.1. The molecule has 0 aliphatic carbocycles. The Morgan fingerprint density at radius 3 is 2.26 bits per heavy atom. The second-order valence-electron chi connectivity index (χ2n) is 6.15. The highest BCUT2D eigenvalue weighted by molar-refractivity contribution is 6.02. The molecule has 0 aliphatic rings. The first kappa shape index (κ1) is 16.5. The monoisotopic (exact) mass is 313 g/mol. The zero-order valence-corrected chi connectivity index (χ0v) is 13.3. The highest BCUT2D eigenvalue weighted by Crippen LogP contribution is 2.20. The van der Waals surface area contributed by atoms with Gasteiger partial charge >= 0.3 is 5.91 Å². The number of carbonyl (C=O) groups is 2. The van der Waals surface area contributed by atoms with Crippen molar-refractivity contribution < 1.29 is 14.3 Å². The Morgan fingerprint density at radius 2 is 1.65 bits per heavy atom. The number of carbonyl (C=O) groups excluding carboxylic acids is 2. The summed E-state index contributed by atoms with van der Waals surface area (Å²) in [5.74, 6) is -0.638. The quantitative estimate of drug-likeness (QED) is 0.674. The van der Waals surface area contributed by atoms with Crippen molar-refractivity contribution in [2.24, 2.45) is 5.41 Å². The molecule has 1 heterocycles. The Hall–Kier alpha value is -2.89. The number of rotatable bonds is 3. The normalized spacial score (nSPS) is 10.9. The van der Waals surface area contributed by atoms with E-state index in [1.807, 2.05) is 20.8 Å². The Bertz CT molecular complexity index is 736. The summed E-state index contributed by atoms with van der Waals surface area (Å²) >= 11 is 0. The third-order valence-electron chi connectivity index (χ3n) is 3.12. The summed E-state index contributed by atoms with van der Waals surface area (Å²) in [6, 6.07) is 11.4. The highest BCUT2D eigenvalue weighted by atomic mass is 16.5. The minimum Gasteiger partial charge on any atom is -0.618 e. The lowest BCUT2D eigenvalue weighted by Crippen LogP contribution is -2.36. The van der Waals surface area contributed by atoms with Crippen LogP contribution in [0, 0.1) is 10.6 Å². The van der Waals surface area contributed by atoms with Crippen LogP contribution in [0.4, 0.5) is 11.4 Å². The van der Waals surface area contributed by atoms with Crippen LogP contribution in [0.15, 0.2) is 48.7 Å². The van der Waals surface area contributed by atoms with E-state index in [2.05, 4.69) is 10.6 Å². The van der Waals surface area contributed by atoms with Gasteiger partial charge in [0.05, 0.1) is 0 Å². The zero-order valence-electron chi connectivity index (χ0n) is 13.3. The number of anilines is 2. The van der Waals surface area contributed by atoms with Crippen molar-refractivity contribution in [3.63, 3.8) is 0 Å². The van der Waals surface area contributed by atoms with Crippen molar-refractivity contribution in [2.75, 3.05) is 10.6 Å². The number of pyridine rings is 1. The predicted molar refractivity (Wildman–Crippen MR) is 87.9 cm³/mol. The van der Waals surface area contributed by atoms with Crippen LogP contribution < -0.4 is 15.4 Å². The van der Waals surface area contributed by atoms with E-state index < -0.39 is 11.3 Å². The fourth-order valence-corrected chi connectivity index (χ4v) is 1.79. The van der Waals surface area contributed by atoms with Gasteiger partial charge in [-0.05, 0) is 24.3 Å². The Kier molecular flexibility index (Phi) is 4.64. The Labute approximate surface area is 134 Å². The number of aromatic nitrogens is 1. The molecule has 120 valence electrons. The van der Waals surface area contributed by atoms with Gasteiger partial charge in [0.2, 0.25) is 5.91 Å². The first-order valence-electron chi connectivity index (χ1n) is 7.18. The average molecular weight is 313 g/mol. The van der Waals surface area contributed by atoms with E-state index in [1.165, 1.54) is 12.3 Å². The molecule has 0 unspecified atom stereocenters. The first-order chi connectivity index (χ1) is 10.8. The van der Waals surface area contributed by atoms with E-state index in [-0.39, 0.29) is 11.6 Å². The maximum absolute atomic E-state index is 12.1. The van der Waals surface area contributed by atoms with Gasteiger partial charge in [0.25, 0.3) is 5.69 Å². The largest absolute Gasteiger partial charge is 0.618 e. The number of benzene rings is 1. The van der Waals surface area contributed by atoms with Crippen LogP contribution in [0.1, 0.15) is 31.3 Å². The van der Waals surface area contributed by atoms with E-state index in [4.69, 9.17) is 0 Å². The molecule has 2 N–H and O–H groups in total. The molecule has 0 fully saturated rings. The molecule has 0 saturated carbocycles. The second-order valence-corrected chi connectivity index (χ2v) is 6.15. The molecule has 23 heavy (non-hydrogen) atoms.